The van der Waals surface area contributed by atoms with Crippen LogP contribution in [0.15, 0.2) is 12.3 Å². The molecule has 1 fully saturated rings. The predicted molar refractivity (Wildman–Crippen MR) is 72.0 cm³/mol. The number of rotatable bonds is 4. The zero-order valence-electron chi connectivity index (χ0n) is 11.0. The molecule has 1 aliphatic heterocycles. The molecule has 0 aromatic carbocycles. The van der Waals surface area contributed by atoms with Gasteiger partial charge in [-0.1, -0.05) is 0 Å². The average Bonchev–Trinajstić information content (AvgIpc) is 2.46. The minimum absolute atomic E-state index is 0.360. The van der Waals surface area contributed by atoms with E-state index >= 15 is 0 Å². The molecule has 2 rings (SSSR count). The van der Waals surface area contributed by atoms with Crippen LogP contribution < -0.4 is 11.1 Å². The maximum atomic E-state index is 11.7. The molecule has 1 unspecified atom stereocenters. The topological polar surface area (TPSA) is 86.5 Å². The fraction of sp³-hybridized carbons (Fsp3) is 0.538. The summed E-state index contributed by atoms with van der Waals surface area (Å²) in [7, 11) is 1.34. The van der Waals surface area contributed by atoms with Gasteiger partial charge in [-0.25, -0.2) is 9.78 Å². The van der Waals surface area contributed by atoms with Crippen molar-refractivity contribution in [2.75, 3.05) is 37.9 Å². The Balaban J connectivity index is 2.04. The summed E-state index contributed by atoms with van der Waals surface area (Å²) in [6.45, 7) is 2.31. The van der Waals surface area contributed by atoms with E-state index in [2.05, 4.69) is 10.3 Å². The van der Waals surface area contributed by atoms with E-state index in [9.17, 15) is 4.79 Å². The number of esters is 1. The van der Waals surface area contributed by atoms with Crippen molar-refractivity contribution in [1.82, 2.24) is 4.98 Å². The highest BCUT2D eigenvalue weighted by molar-refractivity contribution is 5.95. The summed E-state index contributed by atoms with van der Waals surface area (Å²) in [5.41, 5.74) is 6.44. The van der Waals surface area contributed by atoms with Gasteiger partial charge in [0.1, 0.15) is 11.4 Å². The normalized spacial score (nSPS) is 18.9. The van der Waals surface area contributed by atoms with Crippen LogP contribution in [0.25, 0.3) is 0 Å². The number of nitrogen functional groups attached to an aromatic ring is 1. The molecule has 1 saturated heterocycles. The van der Waals surface area contributed by atoms with Gasteiger partial charge in [0.15, 0.2) is 0 Å². The smallest absolute Gasteiger partial charge is 0.341 e. The second-order valence-electron chi connectivity index (χ2n) is 4.62. The molecule has 0 aliphatic carbocycles. The van der Waals surface area contributed by atoms with Gasteiger partial charge in [-0.05, 0) is 24.8 Å². The predicted octanol–water partition coefficient (Wildman–Crippen LogP) is 1.29. The standard InChI is InChI=1S/C13H19N3O3/c1-18-13(17)11-5-10(14)7-16-12(11)15-6-9-3-2-4-19-8-9/h5,7,9H,2-4,6,8,14H2,1H3,(H,15,16). The van der Waals surface area contributed by atoms with Crippen molar-refractivity contribution in [3.63, 3.8) is 0 Å². The maximum absolute atomic E-state index is 11.7. The Bertz CT molecular complexity index is 445. The quantitative estimate of drug-likeness (QED) is 0.798. The van der Waals surface area contributed by atoms with Crippen molar-refractivity contribution in [2.24, 2.45) is 5.92 Å². The molecule has 0 spiro atoms. The largest absolute Gasteiger partial charge is 0.465 e. The number of methoxy groups -OCH3 is 1. The van der Waals surface area contributed by atoms with Crippen molar-refractivity contribution >= 4 is 17.5 Å². The second kappa shape index (κ2) is 6.38. The molecule has 6 nitrogen and oxygen atoms in total. The lowest BCUT2D eigenvalue weighted by atomic mass is 10.0. The number of nitrogens with two attached hydrogens (primary N) is 1. The molecule has 1 aliphatic rings. The molecule has 1 atom stereocenters. The van der Waals surface area contributed by atoms with Crippen molar-refractivity contribution < 1.29 is 14.3 Å². The van der Waals surface area contributed by atoms with Gasteiger partial charge in [-0.15, -0.1) is 0 Å². The molecule has 19 heavy (non-hydrogen) atoms. The van der Waals surface area contributed by atoms with Crippen molar-refractivity contribution in [1.29, 1.82) is 0 Å². The fourth-order valence-electron chi connectivity index (χ4n) is 2.10. The number of nitrogens with zero attached hydrogens (tertiary/aromatic N) is 1. The van der Waals surface area contributed by atoms with Gasteiger partial charge in [-0.2, -0.15) is 0 Å². The van der Waals surface area contributed by atoms with Crippen LogP contribution in [-0.4, -0.2) is 37.8 Å². The SMILES string of the molecule is COC(=O)c1cc(N)cnc1NCC1CCCOC1. The highest BCUT2D eigenvalue weighted by atomic mass is 16.5. The van der Waals surface area contributed by atoms with Gasteiger partial charge >= 0.3 is 5.97 Å². The lowest BCUT2D eigenvalue weighted by Gasteiger charge is -2.22. The van der Waals surface area contributed by atoms with E-state index in [1.807, 2.05) is 0 Å². The van der Waals surface area contributed by atoms with Crippen LogP contribution in [0.1, 0.15) is 23.2 Å². The van der Waals surface area contributed by atoms with Crippen molar-refractivity contribution in [3.05, 3.63) is 17.8 Å². The number of hydrogen-bond donors (Lipinski definition) is 2. The highest BCUT2D eigenvalue weighted by Gasteiger charge is 2.17. The minimum Gasteiger partial charge on any atom is -0.465 e. The van der Waals surface area contributed by atoms with E-state index in [4.69, 9.17) is 15.2 Å². The van der Waals surface area contributed by atoms with Gasteiger partial charge in [-0.3, -0.25) is 0 Å². The van der Waals surface area contributed by atoms with Gasteiger partial charge in [0.2, 0.25) is 0 Å². The van der Waals surface area contributed by atoms with Gasteiger partial charge in [0.05, 0.1) is 25.6 Å². The van der Waals surface area contributed by atoms with Crippen LogP contribution in [0, 0.1) is 5.92 Å². The molecule has 1 aromatic rings. The summed E-state index contributed by atoms with van der Waals surface area (Å²) in [4.78, 5) is 15.8. The first kappa shape index (κ1) is 13.6. The molecule has 0 amide bonds. The van der Waals surface area contributed by atoms with E-state index in [-0.39, 0.29) is 0 Å². The molecule has 2 heterocycles. The zero-order chi connectivity index (χ0) is 13.7. The lowest BCUT2D eigenvalue weighted by Crippen LogP contribution is -2.25. The zero-order valence-corrected chi connectivity index (χ0v) is 11.0. The third kappa shape index (κ3) is 3.57. The van der Waals surface area contributed by atoms with E-state index in [1.54, 1.807) is 6.07 Å². The van der Waals surface area contributed by atoms with Gasteiger partial charge < -0.3 is 20.5 Å². The van der Waals surface area contributed by atoms with E-state index in [0.29, 0.717) is 23.0 Å². The Morgan fingerprint density at radius 2 is 2.53 bits per heavy atom. The van der Waals surface area contributed by atoms with E-state index < -0.39 is 5.97 Å². The molecule has 0 saturated carbocycles. The fourth-order valence-corrected chi connectivity index (χ4v) is 2.10. The van der Waals surface area contributed by atoms with Crippen LogP contribution in [0.2, 0.25) is 0 Å². The summed E-state index contributed by atoms with van der Waals surface area (Å²) in [5.74, 6) is 0.507. The summed E-state index contributed by atoms with van der Waals surface area (Å²) < 4.78 is 10.1. The molecule has 0 radical (unpaired) electrons. The molecule has 3 N–H and O–H groups in total. The number of carbonyl (C=O) groups excluding carboxylic acids is 1. The summed E-state index contributed by atoms with van der Waals surface area (Å²) >= 11 is 0. The lowest BCUT2D eigenvalue weighted by molar-refractivity contribution is 0.0591. The van der Waals surface area contributed by atoms with Crippen LogP contribution in [-0.2, 0) is 9.47 Å². The number of hydrogen-bond acceptors (Lipinski definition) is 6. The van der Waals surface area contributed by atoms with Gasteiger partial charge in [0.25, 0.3) is 0 Å². The first-order valence-electron chi connectivity index (χ1n) is 6.36. The Hall–Kier alpha value is -1.82. The third-order valence-corrected chi connectivity index (χ3v) is 3.13. The third-order valence-electron chi connectivity index (χ3n) is 3.13. The monoisotopic (exact) mass is 265 g/mol. The Morgan fingerprint density at radius 1 is 1.68 bits per heavy atom. The van der Waals surface area contributed by atoms with Crippen molar-refractivity contribution in [3.8, 4) is 0 Å². The van der Waals surface area contributed by atoms with Crippen LogP contribution in [0.4, 0.5) is 11.5 Å². The maximum Gasteiger partial charge on any atom is 0.341 e. The average molecular weight is 265 g/mol. The summed E-state index contributed by atoms with van der Waals surface area (Å²) in [6.07, 6.45) is 3.72. The van der Waals surface area contributed by atoms with E-state index in [0.717, 1.165) is 32.6 Å². The second-order valence-corrected chi connectivity index (χ2v) is 4.62. The van der Waals surface area contributed by atoms with Crippen molar-refractivity contribution in [2.45, 2.75) is 12.8 Å². The molecule has 0 bridgehead atoms. The number of ether oxygens (including phenoxy) is 2. The number of carbonyl (C=O) groups is 1. The summed E-state index contributed by atoms with van der Waals surface area (Å²) in [6, 6.07) is 1.57. The molecule has 1 aromatic heterocycles. The number of aromatic nitrogens is 1. The molecular weight excluding hydrogens is 246 g/mol. The van der Waals surface area contributed by atoms with Crippen LogP contribution in [0.5, 0.6) is 0 Å². The Kier molecular flexibility index (Phi) is 4.57. The number of nitrogens with one attached hydrogen (secondary N) is 1. The Labute approximate surface area is 112 Å². The van der Waals surface area contributed by atoms with Crippen LogP contribution >= 0.6 is 0 Å². The first-order chi connectivity index (χ1) is 9.20. The number of anilines is 2. The van der Waals surface area contributed by atoms with Gasteiger partial charge in [0, 0.05) is 13.2 Å². The molecule has 104 valence electrons. The minimum atomic E-state index is -0.442. The summed E-state index contributed by atoms with van der Waals surface area (Å²) in [5, 5.41) is 3.18. The highest BCUT2D eigenvalue weighted by Crippen LogP contribution is 2.19. The van der Waals surface area contributed by atoms with Crippen LogP contribution in [0.3, 0.4) is 0 Å². The first-order valence-corrected chi connectivity index (χ1v) is 6.36. The van der Waals surface area contributed by atoms with E-state index in [1.165, 1.54) is 13.3 Å². The Morgan fingerprint density at radius 3 is 3.21 bits per heavy atom. The molecule has 6 heteroatoms. The number of pyridine rings is 1. The molecular formula is C13H19N3O3.